The van der Waals surface area contributed by atoms with Crippen LogP contribution in [0.15, 0.2) is 24.5 Å². The highest BCUT2D eigenvalue weighted by Crippen LogP contribution is 2.17. The molecule has 0 bridgehead atoms. The number of amides is 1. The number of rotatable bonds is 1. The van der Waals surface area contributed by atoms with Crippen LogP contribution in [0.3, 0.4) is 0 Å². The maximum atomic E-state index is 11.9. The Balaban J connectivity index is 2.10. The summed E-state index contributed by atoms with van der Waals surface area (Å²) in [4.78, 5) is 17.7. The van der Waals surface area contributed by atoms with Crippen LogP contribution in [0.1, 0.15) is 23.7 Å². The molecule has 0 N–H and O–H groups in total. The van der Waals surface area contributed by atoms with Crippen LogP contribution in [0.4, 0.5) is 0 Å². The first-order valence-electron chi connectivity index (χ1n) is 4.96. The minimum atomic E-state index is 0.113. The average molecular weight is 190 g/mol. The van der Waals surface area contributed by atoms with E-state index in [0.717, 1.165) is 19.5 Å². The zero-order chi connectivity index (χ0) is 9.97. The fourth-order valence-corrected chi connectivity index (χ4v) is 1.79. The van der Waals surface area contributed by atoms with Crippen molar-refractivity contribution in [2.75, 3.05) is 13.1 Å². The van der Waals surface area contributed by atoms with E-state index in [0.29, 0.717) is 11.5 Å². The Hall–Kier alpha value is -1.38. The second-order valence-electron chi connectivity index (χ2n) is 3.89. The van der Waals surface area contributed by atoms with Gasteiger partial charge in [-0.25, -0.2) is 0 Å². The summed E-state index contributed by atoms with van der Waals surface area (Å²) in [5.74, 6) is 0.748. The van der Waals surface area contributed by atoms with Gasteiger partial charge in [0.25, 0.3) is 5.91 Å². The van der Waals surface area contributed by atoms with Gasteiger partial charge in [0.2, 0.25) is 0 Å². The average Bonchev–Trinajstić information content (AvgIpc) is 2.65. The van der Waals surface area contributed by atoms with Gasteiger partial charge in [-0.05, 0) is 24.5 Å². The van der Waals surface area contributed by atoms with Crippen molar-refractivity contribution in [3.8, 4) is 0 Å². The Labute approximate surface area is 83.8 Å². The zero-order valence-corrected chi connectivity index (χ0v) is 8.31. The minimum Gasteiger partial charge on any atom is -0.338 e. The Kier molecular flexibility index (Phi) is 2.48. The van der Waals surface area contributed by atoms with Crippen LogP contribution >= 0.6 is 0 Å². The highest BCUT2D eigenvalue weighted by molar-refractivity contribution is 5.94. The van der Waals surface area contributed by atoms with Crippen molar-refractivity contribution in [1.29, 1.82) is 0 Å². The predicted molar refractivity (Wildman–Crippen MR) is 53.9 cm³/mol. The molecule has 1 aliphatic heterocycles. The van der Waals surface area contributed by atoms with Gasteiger partial charge in [0, 0.05) is 25.5 Å². The van der Waals surface area contributed by atoms with Crippen molar-refractivity contribution >= 4 is 5.91 Å². The lowest BCUT2D eigenvalue weighted by atomic mass is 10.2. The number of aromatic nitrogens is 1. The summed E-state index contributed by atoms with van der Waals surface area (Å²) in [6, 6.07) is 3.62. The first kappa shape index (κ1) is 9.19. The summed E-state index contributed by atoms with van der Waals surface area (Å²) in [7, 11) is 0. The van der Waals surface area contributed by atoms with Crippen LogP contribution in [-0.4, -0.2) is 28.9 Å². The molecule has 0 aliphatic carbocycles. The van der Waals surface area contributed by atoms with E-state index >= 15 is 0 Å². The maximum absolute atomic E-state index is 11.9. The van der Waals surface area contributed by atoms with Gasteiger partial charge in [0.05, 0.1) is 5.56 Å². The molecular weight excluding hydrogens is 176 g/mol. The number of hydrogen-bond donors (Lipinski definition) is 0. The lowest BCUT2D eigenvalue weighted by Gasteiger charge is -2.15. The molecule has 3 heteroatoms. The molecule has 0 aromatic carbocycles. The smallest absolute Gasteiger partial charge is 0.255 e. The monoisotopic (exact) mass is 190 g/mol. The number of nitrogens with zero attached hydrogens (tertiary/aromatic N) is 2. The molecular formula is C11H14N2O. The molecule has 2 heterocycles. The highest BCUT2D eigenvalue weighted by Gasteiger charge is 2.23. The quantitative estimate of drug-likeness (QED) is 0.673. The second-order valence-corrected chi connectivity index (χ2v) is 3.89. The van der Waals surface area contributed by atoms with Gasteiger partial charge in [0.15, 0.2) is 0 Å². The van der Waals surface area contributed by atoms with Gasteiger partial charge >= 0.3 is 0 Å². The molecule has 0 saturated carbocycles. The van der Waals surface area contributed by atoms with E-state index in [1.54, 1.807) is 18.5 Å². The molecule has 2 rings (SSSR count). The van der Waals surface area contributed by atoms with Crippen LogP contribution in [0.5, 0.6) is 0 Å². The standard InChI is InChI=1S/C11H14N2O/c1-9-4-6-13(8-9)11(14)10-3-2-5-12-7-10/h2-3,5,7,9H,4,6,8H2,1H3/t9-/m1/s1. The topological polar surface area (TPSA) is 33.2 Å². The van der Waals surface area contributed by atoms with Gasteiger partial charge in [-0.15, -0.1) is 0 Å². The number of likely N-dealkylation sites (tertiary alicyclic amines) is 1. The summed E-state index contributed by atoms with van der Waals surface area (Å²) < 4.78 is 0. The predicted octanol–water partition coefficient (Wildman–Crippen LogP) is 1.56. The number of carbonyl (C=O) groups is 1. The van der Waals surface area contributed by atoms with E-state index in [1.807, 2.05) is 11.0 Å². The molecule has 0 spiro atoms. The summed E-state index contributed by atoms with van der Waals surface area (Å²) in [6.07, 6.45) is 4.43. The van der Waals surface area contributed by atoms with Gasteiger partial charge in [0.1, 0.15) is 0 Å². The van der Waals surface area contributed by atoms with Gasteiger partial charge < -0.3 is 4.90 Å². The zero-order valence-electron chi connectivity index (χ0n) is 8.31. The molecule has 1 aliphatic rings. The molecule has 3 nitrogen and oxygen atoms in total. The summed E-state index contributed by atoms with van der Waals surface area (Å²) >= 11 is 0. The highest BCUT2D eigenvalue weighted by atomic mass is 16.2. The molecule has 0 unspecified atom stereocenters. The summed E-state index contributed by atoms with van der Waals surface area (Å²) in [5.41, 5.74) is 0.696. The van der Waals surface area contributed by atoms with Crippen molar-refractivity contribution in [1.82, 2.24) is 9.88 Å². The fourth-order valence-electron chi connectivity index (χ4n) is 1.79. The van der Waals surface area contributed by atoms with E-state index in [-0.39, 0.29) is 5.91 Å². The summed E-state index contributed by atoms with van der Waals surface area (Å²) in [6.45, 7) is 3.94. The van der Waals surface area contributed by atoms with Crippen molar-refractivity contribution in [3.63, 3.8) is 0 Å². The van der Waals surface area contributed by atoms with Crippen molar-refractivity contribution in [2.45, 2.75) is 13.3 Å². The molecule has 1 saturated heterocycles. The van der Waals surface area contributed by atoms with E-state index in [4.69, 9.17) is 0 Å². The third-order valence-corrected chi connectivity index (χ3v) is 2.62. The first-order valence-corrected chi connectivity index (χ1v) is 4.96. The number of hydrogen-bond acceptors (Lipinski definition) is 2. The largest absolute Gasteiger partial charge is 0.338 e. The molecule has 1 atom stereocenters. The molecule has 1 aromatic rings. The third-order valence-electron chi connectivity index (χ3n) is 2.62. The Morgan fingerprint density at radius 1 is 1.64 bits per heavy atom. The van der Waals surface area contributed by atoms with Crippen LogP contribution in [-0.2, 0) is 0 Å². The van der Waals surface area contributed by atoms with E-state index in [9.17, 15) is 4.79 Å². The minimum absolute atomic E-state index is 0.113. The SMILES string of the molecule is C[C@@H]1CCN(C(=O)c2cccnc2)C1. The first-order chi connectivity index (χ1) is 6.77. The normalized spacial score (nSPS) is 21.2. The van der Waals surface area contributed by atoms with Gasteiger partial charge in [-0.1, -0.05) is 6.92 Å². The Morgan fingerprint density at radius 3 is 3.07 bits per heavy atom. The number of carbonyl (C=O) groups excluding carboxylic acids is 1. The lowest BCUT2D eigenvalue weighted by Crippen LogP contribution is -2.28. The fraction of sp³-hybridized carbons (Fsp3) is 0.455. The van der Waals surface area contributed by atoms with E-state index in [1.165, 1.54) is 0 Å². The van der Waals surface area contributed by atoms with E-state index < -0.39 is 0 Å². The molecule has 1 aromatic heterocycles. The molecule has 14 heavy (non-hydrogen) atoms. The van der Waals surface area contributed by atoms with Crippen LogP contribution < -0.4 is 0 Å². The second kappa shape index (κ2) is 3.78. The Bertz CT molecular complexity index is 323. The van der Waals surface area contributed by atoms with Crippen LogP contribution in [0.2, 0.25) is 0 Å². The molecule has 74 valence electrons. The van der Waals surface area contributed by atoms with Crippen molar-refractivity contribution < 1.29 is 4.79 Å². The van der Waals surface area contributed by atoms with Crippen LogP contribution in [0, 0.1) is 5.92 Å². The van der Waals surface area contributed by atoms with Gasteiger partial charge in [-0.2, -0.15) is 0 Å². The van der Waals surface area contributed by atoms with Gasteiger partial charge in [-0.3, -0.25) is 9.78 Å². The summed E-state index contributed by atoms with van der Waals surface area (Å²) in [5, 5.41) is 0. The maximum Gasteiger partial charge on any atom is 0.255 e. The molecule has 1 amide bonds. The molecule has 1 fully saturated rings. The van der Waals surface area contributed by atoms with E-state index in [2.05, 4.69) is 11.9 Å². The van der Waals surface area contributed by atoms with Crippen molar-refractivity contribution in [2.24, 2.45) is 5.92 Å². The third kappa shape index (κ3) is 1.76. The van der Waals surface area contributed by atoms with Crippen LogP contribution in [0.25, 0.3) is 0 Å². The molecule has 0 radical (unpaired) electrons. The van der Waals surface area contributed by atoms with Crippen molar-refractivity contribution in [3.05, 3.63) is 30.1 Å². The lowest BCUT2D eigenvalue weighted by molar-refractivity contribution is 0.0787. The number of pyridine rings is 1. The Morgan fingerprint density at radius 2 is 2.50 bits per heavy atom.